The molecule has 3 N–H and O–H groups in total. The van der Waals surface area contributed by atoms with Crippen LogP contribution >= 0.6 is 0 Å². The minimum absolute atomic E-state index is 0.0166. The number of phenolic OH excluding ortho intramolecular Hbond substituents is 1. The molecule has 0 aliphatic carbocycles. The maximum atomic E-state index is 11.3. The highest BCUT2D eigenvalue weighted by Crippen LogP contribution is 2.14. The first-order chi connectivity index (χ1) is 7.11. The summed E-state index contributed by atoms with van der Waals surface area (Å²) in [5.41, 5.74) is 1.91. The third-order valence-electron chi connectivity index (χ3n) is 1.51. The Morgan fingerprint density at radius 3 is 2.60 bits per heavy atom. The summed E-state index contributed by atoms with van der Waals surface area (Å²) < 4.78 is 0. The van der Waals surface area contributed by atoms with Gasteiger partial charge in [-0.3, -0.25) is 9.63 Å². The van der Waals surface area contributed by atoms with Gasteiger partial charge < -0.3 is 10.2 Å². The highest BCUT2D eigenvalue weighted by molar-refractivity contribution is 5.96. The van der Waals surface area contributed by atoms with Crippen molar-refractivity contribution in [1.82, 2.24) is 5.48 Å². The monoisotopic (exact) mass is 211 g/mol. The van der Waals surface area contributed by atoms with Crippen LogP contribution < -0.4 is 5.48 Å². The number of hydroxylamine groups is 1. The van der Waals surface area contributed by atoms with Crippen molar-refractivity contribution < 1.29 is 24.6 Å². The number of aromatic hydroxyl groups is 1. The van der Waals surface area contributed by atoms with Crippen LogP contribution in [0.1, 0.15) is 10.4 Å². The van der Waals surface area contributed by atoms with Crippen molar-refractivity contribution in [3.8, 4) is 5.75 Å². The molecule has 0 heterocycles. The van der Waals surface area contributed by atoms with Gasteiger partial charge in [-0.1, -0.05) is 12.1 Å². The predicted octanol–water partition coefficient (Wildman–Crippen LogP) is 0.138. The number of carboxylic acid groups (broad SMARTS) is 1. The minimum atomic E-state index is -1.20. The van der Waals surface area contributed by atoms with Crippen LogP contribution in [0.3, 0.4) is 0 Å². The van der Waals surface area contributed by atoms with Gasteiger partial charge in [-0.05, 0) is 12.1 Å². The number of phenols is 1. The smallest absolute Gasteiger partial charge is 0.332 e. The summed E-state index contributed by atoms with van der Waals surface area (Å²) in [6, 6.07) is 5.84. The Bertz CT molecular complexity index is 377. The van der Waals surface area contributed by atoms with Crippen LogP contribution in [0.4, 0.5) is 0 Å². The van der Waals surface area contributed by atoms with Crippen LogP contribution in [0.5, 0.6) is 5.75 Å². The van der Waals surface area contributed by atoms with E-state index in [-0.39, 0.29) is 11.3 Å². The molecular weight excluding hydrogens is 202 g/mol. The number of hydrogen-bond acceptors (Lipinski definition) is 4. The Balaban J connectivity index is 2.54. The molecule has 6 nitrogen and oxygen atoms in total. The van der Waals surface area contributed by atoms with E-state index in [1.807, 2.05) is 5.48 Å². The Kier molecular flexibility index (Phi) is 3.64. The second-order valence-electron chi connectivity index (χ2n) is 2.63. The Labute approximate surface area is 85.1 Å². The summed E-state index contributed by atoms with van der Waals surface area (Å²) in [4.78, 5) is 25.7. The normalized spacial score (nSPS) is 9.60. The van der Waals surface area contributed by atoms with Crippen molar-refractivity contribution in [1.29, 1.82) is 0 Å². The summed E-state index contributed by atoms with van der Waals surface area (Å²) in [7, 11) is 0. The standard InChI is InChI=1S/C9H9NO5/c11-7-4-2-1-3-6(7)9(14)10-15-5-8(12)13/h1-4,11H,5H2,(H,10,14)(H,12,13). The van der Waals surface area contributed by atoms with Gasteiger partial charge in [-0.25, -0.2) is 10.3 Å². The summed E-state index contributed by atoms with van der Waals surface area (Å²) in [6.07, 6.45) is 0. The number of carbonyl (C=O) groups is 2. The topological polar surface area (TPSA) is 95.9 Å². The van der Waals surface area contributed by atoms with Gasteiger partial charge in [0.1, 0.15) is 5.75 Å². The van der Waals surface area contributed by atoms with Crippen LogP contribution in [0.2, 0.25) is 0 Å². The SMILES string of the molecule is O=C(O)CONC(=O)c1ccccc1O. The lowest BCUT2D eigenvalue weighted by atomic mass is 10.2. The average Bonchev–Trinajstić information content (AvgIpc) is 2.17. The molecule has 1 aromatic rings. The van der Waals surface area contributed by atoms with E-state index in [4.69, 9.17) is 5.11 Å². The molecular formula is C9H9NO5. The maximum absolute atomic E-state index is 11.3. The molecule has 0 spiro atoms. The molecule has 0 saturated heterocycles. The molecule has 80 valence electrons. The minimum Gasteiger partial charge on any atom is -0.507 e. The zero-order chi connectivity index (χ0) is 11.3. The van der Waals surface area contributed by atoms with Gasteiger partial charge in [0.15, 0.2) is 6.61 Å². The van der Waals surface area contributed by atoms with Crippen LogP contribution in [0.25, 0.3) is 0 Å². The molecule has 0 radical (unpaired) electrons. The van der Waals surface area contributed by atoms with Crippen LogP contribution in [0.15, 0.2) is 24.3 Å². The van der Waals surface area contributed by atoms with E-state index in [2.05, 4.69) is 4.84 Å². The number of nitrogens with one attached hydrogen (secondary N) is 1. The highest BCUT2D eigenvalue weighted by Gasteiger charge is 2.10. The molecule has 1 rings (SSSR count). The number of carboxylic acids is 1. The van der Waals surface area contributed by atoms with Gasteiger partial charge in [0.25, 0.3) is 5.91 Å². The summed E-state index contributed by atoms with van der Waals surface area (Å²) in [6.45, 7) is -0.640. The largest absolute Gasteiger partial charge is 0.507 e. The number of aliphatic carboxylic acids is 1. The number of amides is 1. The van der Waals surface area contributed by atoms with Crippen LogP contribution in [0, 0.1) is 0 Å². The number of carbonyl (C=O) groups excluding carboxylic acids is 1. The third kappa shape index (κ3) is 3.28. The molecule has 1 aromatic carbocycles. The lowest BCUT2D eigenvalue weighted by Gasteiger charge is -2.04. The quantitative estimate of drug-likeness (QED) is 0.615. The molecule has 0 saturated carbocycles. The average molecular weight is 211 g/mol. The first-order valence-corrected chi connectivity index (χ1v) is 4.03. The van der Waals surface area contributed by atoms with Gasteiger partial charge >= 0.3 is 5.97 Å². The number of benzene rings is 1. The fourth-order valence-electron chi connectivity index (χ4n) is 0.884. The first-order valence-electron chi connectivity index (χ1n) is 4.03. The summed E-state index contributed by atoms with van der Waals surface area (Å²) in [5, 5.41) is 17.5. The van der Waals surface area contributed by atoms with Crippen molar-refractivity contribution in [2.24, 2.45) is 0 Å². The third-order valence-corrected chi connectivity index (χ3v) is 1.51. The van der Waals surface area contributed by atoms with E-state index in [9.17, 15) is 14.7 Å². The summed E-state index contributed by atoms with van der Waals surface area (Å²) >= 11 is 0. The highest BCUT2D eigenvalue weighted by atomic mass is 16.7. The van der Waals surface area contributed by atoms with E-state index in [1.165, 1.54) is 12.1 Å². The number of rotatable bonds is 4. The molecule has 0 aromatic heterocycles. The number of hydrogen-bond donors (Lipinski definition) is 3. The molecule has 0 fully saturated rings. The van der Waals surface area contributed by atoms with Crippen molar-refractivity contribution >= 4 is 11.9 Å². The lowest BCUT2D eigenvalue weighted by Crippen LogP contribution is -2.26. The van der Waals surface area contributed by atoms with Crippen LogP contribution in [-0.4, -0.2) is 28.7 Å². The van der Waals surface area contributed by atoms with Gasteiger partial charge in [-0.2, -0.15) is 0 Å². The predicted molar refractivity (Wildman–Crippen MR) is 49.2 cm³/mol. The van der Waals surface area contributed by atoms with E-state index in [0.717, 1.165) is 0 Å². The molecule has 0 aliphatic heterocycles. The van der Waals surface area contributed by atoms with Crippen LogP contribution in [-0.2, 0) is 9.63 Å². The second kappa shape index (κ2) is 4.97. The zero-order valence-electron chi connectivity index (χ0n) is 7.64. The fourth-order valence-corrected chi connectivity index (χ4v) is 0.884. The van der Waals surface area contributed by atoms with E-state index >= 15 is 0 Å². The molecule has 0 aliphatic rings. The van der Waals surface area contributed by atoms with Gasteiger partial charge in [0.05, 0.1) is 5.56 Å². The Hall–Kier alpha value is -2.08. The van der Waals surface area contributed by atoms with Crippen molar-refractivity contribution in [2.45, 2.75) is 0 Å². The molecule has 1 amide bonds. The Morgan fingerprint density at radius 1 is 1.33 bits per heavy atom. The van der Waals surface area contributed by atoms with Crippen molar-refractivity contribution in [3.63, 3.8) is 0 Å². The second-order valence-corrected chi connectivity index (χ2v) is 2.63. The molecule has 0 unspecified atom stereocenters. The van der Waals surface area contributed by atoms with E-state index in [0.29, 0.717) is 0 Å². The molecule has 15 heavy (non-hydrogen) atoms. The van der Waals surface area contributed by atoms with Gasteiger partial charge in [0, 0.05) is 0 Å². The van der Waals surface area contributed by atoms with Crippen molar-refractivity contribution in [2.75, 3.05) is 6.61 Å². The van der Waals surface area contributed by atoms with E-state index < -0.39 is 18.5 Å². The molecule has 0 atom stereocenters. The van der Waals surface area contributed by atoms with Gasteiger partial charge in [0.2, 0.25) is 0 Å². The number of para-hydroxylation sites is 1. The molecule has 6 heteroatoms. The Morgan fingerprint density at radius 2 is 2.00 bits per heavy atom. The lowest BCUT2D eigenvalue weighted by molar-refractivity contribution is -0.144. The van der Waals surface area contributed by atoms with Crippen molar-refractivity contribution in [3.05, 3.63) is 29.8 Å². The fraction of sp³-hybridized carbons (Fsp3) is 0.111. The molecule has 0 bridgehead atoms. The summed E-state index contributed by atoms with van der Waals surface area (Å²) in [5.74, 6) is -2.10. The van der Waals surface area contributed by atoms with E-state index in [1.54, 1.807) is 12.1 Å². The maximum Gasteiger partial charge on any atom is 0.332 e. The van der Waals surface area contributed by atoms with Gasteiger partial charge in [-0.15, -0.1) is 0 Å². The first kappa shape index (κ1) is 11.0. The zero-order valence-corrected chi connectivity index (χ0v) is 7.64.